The summed E-state index contributed by atoms with van der Waals surface area (Å²) in [5.74, 6) is 0. The van der Waals surface area contributed by atoms with Gasteiger partial charge in [0.2, 0.25) is 0 Å². The van der Waals surface area contributed by atoms with Crippen molar-refractivity contribution >= 4 is 0 Å². The fourth-order valence-electron chi connectivity index (χ4n) is 11.9. The topological polar surface area (TPSA) is 633 Å². The highest BCUT2D eigenvalue weighted by Gasteiger charge is 2.60. The Balaban J connectivity index is 0.975. The lowest BCUT2D eigenvalue weighted by atomic mass is 9.94. The fraction of sp³-hybridized carbons (Fsp3) is 1.00. The number of aliphatic hydroxyl groups excluding tert-OH is 24. The molecule has 0 aliphatic carbocycles. The van der Waals surface area contributed by atoms with Crippen molar-refractivity contribution < 1.29 is 198 Å². The van der Waals surface area contributed by atoms with Crippen molar-refractivity contribution in [2.75, 3.05) is 52.9 Å². The second-order valence-corrected chi connectivity index (χ2v) is 22.5. The van der Waals surface area contributed by atoms with Crippen molar-refractivity contribution in [1.82, 2.24) is 0 Å². The molecule has 40 heteroatoms. The summed E-state index contributed by atoms with van der Waals surface area (Å²) >= 11 is 0. The summed E-state index contributed by atoms with van der Waals surface area (Å²) in [7, 11) is 0. The highest BCUT2D eigenvalue weighted by Crippen LogP contribution is 2.40. The summed E-state index contributed by atoms with van der Waals surface area (Å²) in [5.41, 5.74) is 0. The lowest BCUT2D eigenvalue weighted by molar-refractivity contribution is -0.404. The molecule has 0 amide bonds. The Morgan fingerprint density at radius 3 is 0.307 bits per heavy atom. The molecule has 40 atom stereocenters. The van der Waals surface area contributed by atoms with Gasteiger partial charge in [0.25, 0.3) is 0 Å². The Morgan fingerprint density at radius 1 is 0.136 bits per heavy atom. The molecule has 0 spiro atoms. The number of hydrogen-bond acceptors (Lipinski definition) is 40. The standard InChI is InChI=1S/C48H80O40/c49-1-9-33-17(57)25(65)41(73-9)82-34-10(2-50)75-43(27(67)19(34)59)84-36-12(4-52)77-45(29(69)21(36)61)86-38-14(6-54)79-47(31(71)23(38)63)88-40-16(8-56)80-48(32(72)24(40)64)87-39-15(7-55)78-46(30(70)22(39)62)85-37-13(5-53)76-44(28(68)20(37)60)83-35-11(3-51)74-42(81-33)26(66)18(35)58/h9-72H,1-8H2/t9-,10-,11-,12-,13-,14-,15-,16-,17-,18-,19-,20-,21-,22-,23-,24-,25-,26-,27-,28-,29-,30-,31-,32-,33-,34-,35-,36-,37?,38?,39?,40-,41?,42?,43?,44?,45?,46?,47?,48?/m1/s1. The van der Waals surface area contributed by atoms with Gasteiger partial charge in [-0.3, -0.25) is 0 Å². The molecule has 0 aromatic carbocycles. The van der Waals surface area contributed by atoms with Crippen LogP contribution in [0.1, 0.15) is 0 Å². The van der Waals surface area contributed by atoms with E-state index < -0.39 is 299 Å². The van der Waals surface area contributed by atoms with Gasteiger partial charge in [-0.25, -0.2) is 0 Å². The van der Waals surface area contributed by atoms with E-state index in [1.165, 1.54) is 0 Å². The van der Waals surface area contributed by atoms with Crippen LogP contribution in [0.15, 0.2) is 0 Å². The van der Waals surface area contributed by atoms with Crippen LogP contribution in [0.2, 0.25) is 0 Å². The zero-order valence-corrected chi connectivity index (χ0v) is 46.0. The number of hydrogen-bond donors (Lipinski definition) is 24. The summed E-state index contributed by atoms with van der Waals surface area (Å²) < 4.78 is 91.1. The van der Waals surface area contributed by atoms with Gasteiger partial charge in [-0.1, -0.05) is 0 Å². The zero-order valence-electron chi connectivity index (χ0n) is 46.0. The van der Waals surface area contributed by atoms with Crippen molar-refractivity contribution in [3.63, 3.8) is 0 Å². The summed E-state index contributed by atoms with van der Waals surface area (Å²) in [6, 6.07) is 0. The van der Waals surface area contributed by atoms with Crippen LogP contribution < -0.4 is 0 Å². The van der Waals surface area contributed by atoms with Gasteiger partial charge >= 0.3 is 0 Å². The lowest BCUT2D eigenvalue weighted by Crippen LogP contribution is -2.69. The molecule has 30 rings (SSSR count). The second kappa shape index (κ2) is 30.0. The SMILES string of the molecule is OC[C@H]1OC2OC3[C@@H](CO)OC(O[C@H]4[C@H](O)[C@@H](O)C(O[C@H]5[C@H](O)[C@@H](O)C(O[C@H]6[C@H](O)[C@@H](O)C(O[C@H]7[C@H](O)[C@@H](O)C(OC8[C@@H](CO)OC(O[C@H]9[C@H](O)[C@@H](O)C(OC1[C@H](O)[C@H]2O)O[C@@H]9CO)[C@H](O)[C@H]8O)O[C@@H]7CO)O[C@@H]6CO)O[C@@H]5CO)O[C@@H]4CO)[C@H](O)[C@H]3O. The maximum absolute atomic E-state index is 11.4. The van der Waals surface area contributed by atoms with Crippen LogP contribution in [0, 0.1) is 0 Å². The first kappa shape index (κ1) is 70.7. The van der Waals surface area contributed by atoms with E-state index in [0.717, 1.165) is 0 Å². The highest BCUT2D eigenvalue weighted by molar-refractivity contribution is 5.02. The van der Waals surface area contributed by atoms with Gasteiger partial charge in [0.15, 0.2) is 50.3 Å². The Labute approximate surface area is 496 Å². The van der Waals surface area contributed by atoms with Crippen LogP contribution in [0.25, 0.3) is 0 Å². The fourth-order valence-corrected chi connectivity index (χ4v) is 11.9. The first-order chi connectivity index (χ1) is 41.9. The van der Waals surface area contributed by atoms with Gasteiger partial charge < -0.3 is 198 Å². The smallest absolute Gasteiger partial charge is 0.187 e. The van der Waals surface area contributed by atoms with Crippen molar-refractivity contribution in [3.05, 3.63) is 0 Å². The molecule has 30 heterocycles. The molecule has 24 N–H and O–H groups in total. The summed E-state index contributed by atoms with van der Waals surface area (Å²) in [6.45, 7) is -8.64. The summed E-state index contributed by atoms with van der Waals surface area (Å²) in [6.07, 6.45) is -82.0. The lowest BCUT2D eigenvalue weighted by Gasteiger charge is -2.50. The second-order valence-electron chi connectivity index (χ2n) is 22.5. The Morgan fingerprint density at radius 2 is 0.227 bits per heavy atom. The van der Waals surface area contributed by atoms with Gasteiger partial charge in [0.1, 0.15) is 195 Å². The first-order valence-corrected chi connectivity index (χ1v) is 28.1. The van der Waals surface area contributed by atoms with Crippen LogP contribution in [-0.4, -0.2) is 421 Å². The van der Waals surface area contributed by atoms with Crippen LogP contribution in [0.5, 0.6) is 0 Å². The monoisotopic (exact) mass is 1300 g/mol. The number of rotatable bonds is 8. The van der Waals surface area contributed by atoms with Crippen molar-refractivity contribution in [3.8, 4) is 0 Å². The van der Waals surface area contributed by atoms with E-state index in [1.807, 2.05) is 0 Å². The molecule has 11 unspecified atom stereocenters. The maximum Gasteiger partial charge on any atom is 0.187 e. The predicted molar refractivity (Wildman–Crippen MR) is 261 cm³/mol. The van der Waals surface area contributed by atoms with E-state index in [0.29, 0.717) is 0 Å². The minimum Gasteiger partial charge on any atom is -0.394 e. The third-order valence-electron chi connectivity index (χ3n) is 16.9. The van der Waals surface area contributed by atoms with E-state index in [9.17, 15) is 123 Å². The Bertz CT molecular complexity index is 1700. The van der Waals surface area contributed by atoms with E-state index in [-0.39, 0.29) is 0 Å². The average molecular weight is 1300 g/mol. The highest BCUT2D eigenvalue weighted by atomic mass is 16.8. The molecule has 88 heavy (non-hydrogen) atoms. The van der Waals surface area contributed by atoms with E-state index in [2.05, 4.69) is 0 Å². The summed E-state index contributed by atoms with van der Waals surface area (Å²) in [5, 5.41) is 265. The van der Waals surface area contributed by atoms with Crippen molar-refractivity contribution in [1.29, 1.82) is 0 Å². The molecule has 16 bridgehead atoms. The normalized spacial score (nSPS) is 55.4. The van der Waals surface area contributed by atoms with Crippen LogP contribution in [0.4, 0.5) is 0 Å². The molecular formula is C48H80O40. The molecule has 30 aliphatic rings. The third kappa shape index (κ3) is 13.8. The van der Waals surface area contributed by atoms with Crippen molar-refractivity contribution in [2.24, 2.45) is 0 Å². The van der Waals surface area contributed by atoms with E-state index in [1.54, 1.807) is 0 Å². The van der Waals surface area contributed by atoms with E-state index >= 15 is 0 Å². The molecule has 30 fully saturated rings. The number of ether oxygens (including phenoxy) is 16. The third-order valence-corrected chi connectivity index (χ3v) is 16.9. The molecule has 40 nitrogen and oxygen atoms in total. The van der Waals surface area contributed by atoms with Gasteiger partial charge in [0.05, 0.1) is 52.9 Å². The van der Waals surface area contributed by atoms with E-state index in [4.69, 9.17) is 75.8 Å². The molecule has 0 radical (unpaired) electrons. The average Bonchev–Trinajstić information content (AvgIpc) is 3.51. The molecule has 0 saturated carbocycles. The number of aliphatic hydroxyl groups is 24. The minimum absolute atomic E-state index is 1.08. The van der Waals surface area contributed by atoms with Crippen LogP contribution >= 0.6 is 0 Å². The largest absolute Gasteiger partial charge is 0.394 e. The molecule has 30 aliphatic heterocycles. The molecular weight excluding hydrogens is 1220 g/mol. The Kier molecular flexibility index (Phi) is 24.1. The minimum atomic E-state index is -2.25. The van der Waals surface area contributed by atoms with Gasteiger partial charge in [-0.2, -0.15) is 0 Å². The zero-order chi connectivity index (χ0) is 64.1. The molecule has 512 valence electrons. The van der Waals surface area contributed by atoms with Gasteiger partial charge in [0, 0.05) is 0 Å². The Hall–Kier alpha value is -1.60. The maximum atomic E-state index is 11.4. The van der Waals surface area contributed by atoms with Crippen LogP contribution in [0.3, 0.4) is 0 Å². The van der Waals surface area contributed by atoms with Gasteiger partial charge in [-0.05, 0) is 0 Å². The van der Waals surface area contributed by atoms with Gasteiger partial charge in [-0.15, -0.1) is 0 Å². The molecule has 0 aromatic rings. The summed E-state index contributed by atoms with van der Waals surface area (Å²) in [4.78, 5) is 0. The van der Waals surface area contributed by atoms with Crippen molar-refractivity contribution in [2.45, 2.75) is 246 Å². The molecule has 30 saturated heterocycles. The van der Waals surface area contributed by atoms with Crippen LogP contribution in [-0.2, 0) is 75.8 Å². The first-order valence-electron chi connectivity index (χ1n) is 28.1. The predicted octanol–water partition coefficient (Wildman–Crippen LogP) is -17.4. The quantitative estimate of drug-likeness (QED) is 0.107. The molecule has 0 aromatic heterocycles.